The van der Waals surface area contributed by atoms with Gasteiger partial charge in [0.2, 0.25) is 0 Å². The first-order valence-corrected chi connectivity index (χ1v) is 10.1. The van der Waals surface area contributed by atoms with Crippen LogP contribution in [0.4, 0.5) is 5.69 Å². The molecule has 0 atom stereocenters. The van der Waals surface area contributed by atoms with Crippen molar-refractivity contribution in [1.82, 2.24) is 5.32 Å². The smallest absolute Gasteiger partial charge is 0.337 e. The van der Waals surface area contributed by atoms with Crippen LogP contribution in [0.5, 0.6) is 0 Å². The van der Waals surface area contributed by atoms with Crippen LogP contribution in [0.25, 0.3) is 6.08 Å². The molecule has 0 aliphatic carbocycles. The van der Waals surface area contributed by atoms with E-state index in [0.717, 1.165) is 5.56 Å². The van der Waals surface area contributed by atoms with Gasteiger partial charge in [-0.15, -0.1) is 0 Å². The summed E-state index contributed by atoms with van der Waals surface area (Å²) in [5.41, 5.74) is 1.87. The summed E-state index contributed by atoms with van der Waals surface area (Å²) in [4.78, 5) is 37.5. The molecule has 3 aromatic rings. The highest BCUT2D eigenvalue weighted by molar-refractivity contribution is 9.10. The Hall–Kier alpha value is -3.71. The van der Waals surface area contributed by atoms with E-state index in [2.05, 4.69) is 26.6 Å². The van der Waals surface area contributed by atoms with Crippen molar-refractivity contribution in [2.75, 3.05) is 12.4 Å². The molecular formula is C24H19BrN2O4. The Morgan fingerprint density at radius 1 is 0.903 bits per heavy atom. The second-order valence-electron chi connectivity index (χ2n) is 6.43. The summed E-state index contributed by atoms with van der Waals surface area (Å²) in [6.07, 6.45) is 1.58. The van der Waals surface area contributed by atoms with Crippen molar-refractivity contribution in [3.8, 4) is 0 Å². The van der Waals surface area contributed by atoms with Gasteiger partial charge in [-0.1, -0.05) is 48.5 Å². The van der Waals surface area contributed by atoms with Gasteiger partial charge in [0.05, 0.1) is 18.2 Å². The zero-order valence-corrected chi connectivity index (χ0v) is 18.2. The minimum Gasteiger partial charge on any atom is -0.465 e. The van der Waals surface area contributed by atoms with E-state index in [4.69, 9.17) is 4.74 Å². The number of carbonyl (C=O) groups excluding carboxylic acids is 3. The van der Waals surface area contributed by atoms with Gasteiger partial charge in [-0.05, 0) is 57.9 Å². The summed E-state index contributed by atoms with van der Waals surface area (Å²) < 4.78 is 5.32. The van der Waals surface area contributed by atoms with Crippen molar-refractivity contribution in [2.45, 2.75) is 0 Å². The van der Waals surface area contributed by atoms with Crippen molar-refractivity contribution in [3.63, 3.8) is 0 Å². The highest BCUT2D eigenvalue weighted by Gasteiger charge is 2.17. The number of rotatable bonds is 6. The second-order valence-corrected chi connectivity index (χ2v) is 7.28. The molecule has 7 heteroatoms. The van der Waals surface area contributed by atoms with Crippen LogP contribution in [0.15, 0.2) is 89.0 Å². The number of hydrogen-bond donors (Lipinski definition) is 2. The van der Waals surface area contributed by atoms with Gasteiger partial charge in [-0.25, -0.2) is 4.79 Å². The molecule has 156 valence electrons. The molecule has 0 unspecified atom stereocenters. The SMILES string of the molecule is COC(=O)c1cccc(NC(=O)/C(=C/c2ccccc2)NC(=O)c2ccccc2Br)c1. The minimum atomic E-state index is -0.536. The third-order valence-electron chi connectivity index (χ3n) is 4.26. The van der Waals surface area contributed by atoms with Crippen LogP contribution in [0.3, 0.4) is 0 Å². The van der Waals surface area contributed by atoms with Gasteiger partial charge in [0.1, 0.15) is 5.70 Å². The van der Waals surface area contributed by atoms with Crippen LogP contribution in [0, 0.1) is 0 Å². The maximum Gasteiger partial charge on any atom is 0.337 e. The first kappa shape index (κ1) is 22.0. The molecule has 0 bridgehead atoms. The lowest BCUT2D eigenvalue weighted by Gasteiger charge is -2.12. The average molecular weight is 479 g/mol. The van der Waals surface area contributed by atoms with Crippen LogP contribution in [-0.2, 0) is 9.53 Å². The molecule has 2 N–H and O–H groups in total. The van der Waals surface area contributed by atoms with Gasteiger partial charge in [-0.2, -0.15) is 0 Å². The van der Waals surface area contributed by atoms with E-state index < -0.39 is 17.8 Å². The Bertz CT molecular complexity index is 1140. The molecule has 0 aliphatic rings. The maximum absolute atomic E-state index is 13.0. The Balaban J connectivity index is 1.89. The number of methoxy groups -OCH3 is 1. The number of benzene rings is 3. The van der Waals surface area contributed by atoms with E-state index in [1.165, 1.54) is 13.2 Å². The maximum atomic E-state index is 13.0. The molecule has 0 fully saturated rings. The van der Waals surface area contributed by atoms with Crippen molar-refractivity contribution < 1.29 is 19.1 Å². The predicted octanol–water partition coefficient (Wildman–Crippen LogP) is 4.65. The Morgan fingerprint density at radius 2 is 1.61 bits per heavy atom. The first-order chi connectivity index (χ1) is 15.0. The number of halogens is 1. The lowest BCUT2D eigenvalue weighted by atomic mass is 10.1. The topological polar surface area (TPSA) is 84.5 Å². The van der Waals surface area contributed by atoms with Gasteiger partial charge < -0.3 is 15.4 Å². The third kappa shape index (κ3) is 5.90. The zero-order valence-electron chi connectivity index (χ0n) is 16.6. The standard InChI is InChI=1S/C24H19BrN2O4/c1-31-24(30)17-10-7-11-18(15-17)26-23(29)21(14-16-8-3-2-4-9-16)27-22(28)19-12-5-6-13-20(19)25/h2-15H,1H3,(H,26,29)(H,27,28)/b21-14-. The molecule has 3 aromatic carbocycles. The van der Waals surface area contributed by atoms with E-state index in [9.17, 15) is 14.4 Å². The molecule has 0 heterocycles. The Labute approximate surface area is 188 Å². The molecule has 2 amide bonds. The number of amides is 2. The highest BCUT2D eigenvalue weighted by atomic mass is 79.9. The number of ether oxygens (including phenoxy) is 1. The highest BCUT2D eigenvalue weighted by Crippen LogP contribution is 2.17. The Morgan fingerprint density at radius 3 is 2.32 bits per heavy atom. The van der Waals surface area contributed by atoms with E-state index in [0.29, 0.717) is 21.3 Å². The van der Waals surface area contributed by atoms with Crippen LogP contribution in [0.2, 0.25) is 0 Å². The van der Waals surface area contributed by atoms with Crippen LogP contribution in [0.1, 0.15) is 26.3 Å². The van der Waals surface area contributed by atoms with Crippen LogP contribution in [-0.4, -0.2) is 24.9 Å². The summed E-state index contributed by atoms with van der Waals surface area (Å²) in [5.74, 6) is -1.49. The summed E-state index contributed by atoms with van der Waals surface area (Å²) in [5, 5.41) is 5.39. The van der Waals surface area contributed by atoms with E-state index in [-0.39, 0.29) is 5.70 Å². The predicted molar refractivity (Wildman–Crippen MR) is 122 cm³/mol. The largest absolute Gasteiger partial charge is 0.465 e. The van der Waals surface area contributed by atoms with Gasteiger partial charge >= 0.3 is 5.97 Å². The number of carbonyl (C=O) groups is 3. The number of hydrogen-bond acceptors (Lipinski definition) is 4. The molecule has 0 spiro atoms. The summed E-state index contributed by atoms with van der Waals surface area (Å²) >= 11 is 3.35. The molecular weight excluding hydrogens is 460 g/mol. The van der Waals surface area contributed by atoms with Gasteiger partial charge in [0.15, 0.2) is 0 Å². The van der Waals surface area contributed by atoms with E-state index in [1.54, 1.807) is 48.5 Å². The van der Waals surface area contributed by atoms with Crippen molar-refractivity contribution in [2.24, 2.45) is 0 Å². The number of nitrogens with one attached hydrogen (secondary N) is 2. The lowest BCUT2D eigenvalue weighted by molar-refractivity contribution is -0.113. The average Bonchev–Trinajstić information content (AvgIpc) is 2.79. The minimum absolute atomic E-state index is 0.0513. The van der Waals surface area contributed by atoms with Gasteiger partial charge in [0, 0.05) is 10.2 Å². The van der Waals surface area contributed by atoms with Crippen LogP contribution < -0.4 is 10.6 Å². The number of esters is 1. The number of anilines is 1. The van der Waals surface area contributed by atoms with Gasteiger partial charge in [0.25, 0.3) is 11.8 Å². The quantitative estimate of drug-likeness (QED) is 0.399. The second kappa shape index (κ2) is 10.4. The summed E-state index contributed by atoms with van der Waals surface area (Å²) in [6, 6.07) is 22.4. The molecule has 6 nitrogen and oxygen atoms in total. The first-order valence-electron chi connectivity index (χ1n) is 9.30. The van der Waals surface area contributed by atoms with Gasteiger partial charge in [-0.3, -0.25) is 9.59 Å². The van der Waals surface area contributed by atoms with Crippen molar-refractivity contribution in [1.29, 1.82) is 0 Å². The molecule has 31 heavy (non-hydrogen) atoms. The van der Waals surface area contributed by atoms with Crippen molar-refractivity contribution >= 4 is 45.5 Å². The van der Waals surface area contributed by atoms with E-state index in [1.807, 2.05) is 30.3 Å². The molecule has 0 aliphatic heterocycles. The van der Waals surface area contributed by atoms with Crippen LogP contribution >= 0.6 is 15.9 Å². The molecule has 3 rings (SSSR count). The summed E-state index contributed by atoms with van der Waals surface area (Å²) in [6.45, 7) is 0. The normalized spacial score (nSPS) is 10.8. The van der Waals surface area contributed by atoms with E-state index >= 15 is 0 Å². The molecule has 0 saturated carbocycles. The monoisotopic (exact) mass is 478 g/mol. The fourth-order valence-corrected chi connectivity index (χ4v) is 3.21. The third-order valence-corrected chi connectivity index (χ3v) is 4.95. The zero-order chi connectivity index (χ0) is 22.2. The molecule has 0 radical (unpaired) electrons. The molecule has 0 aromatic heterocycles. The fourth-order valence-electron chi connectivity index (χ4n) is 2.75. The van der Waals surface area contributed by atoms with Crippen molar-refractivity contribution in [3.05, 3.63) is 106 Å². The molecule has 0 saturated heterocycles. The summed E-state index contributed by atoms with van der Waals surface area (Å²) in [7, 11) is 1.28. The lowest BCUT2D eigenvalue weighted by Crippen LogP contribution is -2.31. The Kier molecular flexibility index (Phi) is 7.35. The fraction of sp³-hybridized carbons (Fsp3) is 0.0417.